The van der Waals surface area contributed by atoms with Crippen LogP contribution in [-0.4, -0.2) is 45.7 Å². The number of hydrogen-bond donors (Lipinski definition) is 1. The van der Waals surface area contributed by atoms with Gasteiger partial charge in [0.1, 0.15) is 5.69 Å². The Bertz CT molecular complexity index is 357. The molecule has 0 saturated heterocycles. The average molecular weight is 242 g/mol. The first-order valence-corrected chi connectivity index (χ1v) is 6.42. The second kappa shape index (κ2) is 5.25. The molecule has 1 aromatic rings. The lowest BCUT2D eigenvalue weighted by molar-refractivity contribution is 0.0747. The first-order valence-electron chi connectivity index (χ1n) is 5.02. The average Bonchev–Trinajstić information content (AvgIpc) is 2.57. The lowest BCUT2D eigenvalue weighted by atomic mass is 10.2. The van der Waals surface area contributed by atoms with E-state index in [0.29, 0.717) is 11.4 Å². The van der Waals surface area contributed by atoms with Crippen molar-refractivity contribution >= 4 is 23.4 Å². The Kier molecular flexibility index (Phi) is 4.23. The van der Waals surface area contributed by atoms with E-state index < -0.39 is 0 Å². The SMILES string of the molecule is CSCC(C)N(C)C(=O)c1c(N)cnn1C. The van der Waals surface area contributed by atoms with Crippen LogP contribution >= 0.6 is 11.8 Å². The predicted molar refractivity (Wildman–Crippen MR) is 67.6 cm³/mol. The molecule has 1 amide bonds. The molecule has 5 nitrogen and oxygen atoms in total. The van der Waals surface area contributed by atoms with E-state index in [2.05, 4.69) is 5.10 Å². The Balaban J connectivity index is 2.86. The number of carbonyl (C=O) groups is 1. The maximum Gasteiger partial charge on any atom is 0.274 e. The van der Waals surface area contributed by atoms with Gasteiger partial charge in [-0.2, -0.15) is 16.9 Å². The molecule has 0 aliphatic heterocycles. The summed E-state index contributed by atoms with van der Waals surface area (Å²) in [5.74, 6) is 0.819. The summed E-state index contributed by atoms with van der Waals surface area (Å²) in [6.07, 6.45) is 3.52. The molecule has 0 fully saturated rings. The third kappa shape index (κ3) is 2.49. The molecule has 0 spiro atoms. The third-order valence-corrected chi connectivity index (χ3v) is 3.37. The molecular weight excluding hydrogens is 224 g/mol. The molecule has 0 aliphatic carbocycles. The fraction of sp³-hybridized carbons (Fsp3) is 0.600. The molecule has 1 unspecified atom stereocenters. The van der Waals surface area contributed by atoms with Crippen molar-refractivity contribution in [2.45, 2.75) is 13.0 Å². The van der Waals surface area contributed by atoms with Gasteiger partial charge in [-0.1, -0.05) is 0 Å². The van der Waals surface area contributed by atoms with Crippen LogP contribution in [0.3, 0.4) is 0 Å². The molecule has 0 aliphatic rings. The molecule has 6 heteroatoms. The minimum atomic E-state index is -0.0842. The smallest absolute Gasteiger partial charge is 0.274 e. The number of anilines is 1. The van der Waals surface area contributed by atoms with Gasteiger partial charge < -0.3 is 10.6 Å². The minimum Gasteiger partial charge on any atom is -0.396 e. The molecule has 1 rings (SSSR count). The van der Waals surface area contributed by atoms with Gasteiger partial charge in [0.15, 0.2) is 0 Å². The van der Waals surface area contributed by atoms with Gasteiger partial charge in [0.25, 0.3) is 5.91 Å². The molecule has 2 N–H and O–H groups in total. The van der Waals surface area contributed by atoms with Crippen molar-refractivity contribution < 1.29 is 4.79 Å². The molecule has 1 aromatic heterocycles. The van der Waals surface area contributed by atoms with Gasteiger partial charge in [-0.05, 0) is 13.2 Å². The standard InChI is InChI=1S/C10H18N4OS/c1-7(6-16-4)13(2)10(15)9-8(11)5-12-14(9)3/h5,7H,6,11H2,1-4H3. The number of carbonyl (C=O) groups excluding carboxylic acids is 1. The Hall–Kier alpha value is -1.17. The van der Waals surface area contributed by atoms with E-state index in [-0.39, 0.29) is 11.9 Å². The fourth-order valence-electron chi connectivity index (χ4n) is 1.44. The normalized spacial score (nSPS) is 12.5. The summed E-state index contributed by atoms with van der Waals surface area (Å²) in [6.45, 7) is 2.01. The van der Waals surface area contributed by atoms with E-state index in [9.17, 15) is 4.79 Å². The maximum absolute atomic E-state index is 12.1. The van der Waals surface area contributed by atoms with Crippen molar-refractivity contribution in [3.63, 3.8) is 0 Å². The minimum absolute atomic E-state index is 0.0842. The molecule has 0 saturated carbocycles. The van der Waals surface area contributed by atoms with Crippen LogP contribution in [0.4, 0.5) is 5.69 Å². The van der Waals surface area contributed by atoms with Gasteiger partial charge in [0.05, 0.1) is 11.9 Å². The van der Waals surface area contributed by atoms with Crippen LogP contribution in [-0.2, 0) is 7.05 Å². The van der Waals surface area contributed by atoms with E-state index >= 15 is 0 Å². The van der Waals surface area contributed by atoms with Crippen LogP contribution in [0.15, 0.2) is 6.20 Å². The number of aromatic nitrogens is 2. The highest BCUT2D eigenvalue weighted by atomic mass is 32.2. The van der Waals surface area contributed by atoms with E-state index in [0.717, 1.165) is 5.75 Å². The summed E-state index contributed by atoms with van der Waals surface area (Å²) in [5, 5.41) is 3.96. The first kappa shape index (κ1) is 12.9. The monoisotopic (exact) mass is 242 g/mol. The highest BCUT2D eigenvalue weighted by molar-refractivity contribution is 7.98. The second-order valence-corrected chi connectivity index (χ2v) is 4.70. The van der Waals surface area contributed by atoms with Crippen LogP contribution in [0, 0.1) is 0 Å². The Morgan fingerprint density at radius 3 is 2.81 bits per heavy atom. The number of aryl methyl sites for hydroxylation is 1. The summed E-state index contributed by atoms with van der Waals surface area (Å²) >= 11 is 1.71. The molecule has 0 bridgehead atoms. The maximum atomic E-state index is 12.1. The van der Waals surface area contributed by atoms with E-state index in [1.54, 1.807) is 30.8 Å². The molecule has 0 radical (unpaired) electrons. The molecular formula is C10H18N4OS. The summed E-state index contributed by atoms with van der Waals surface area (Å²) in [7, 11) is 3.51. The number of thioether (sulfide) groups is 1. The number of amides is 1. The number of nitrogen functional groups attached to an aromatic ring is 1. The van der Waals surface area contributed by atoms with Crippen molar-refractivity contribution in [1.29, 1.82) is 0 Å². The molecule has 0 aromatic carbocycles. The van der Waals surface area contributed by atoms with Crippen molar-refractivity contribution in [1.82, 2.24) is 14.7 Å². The number of rotatable bonds is 4. The summed E-state index contributed by atoms with van der Waals surface area (Å²) in [5.41, 5.74) is 6.60. The van der Waals surface area contributed by atoms with Crippen molar-refractivity contribution in [3.05, 3.63) is 11.9 Å². The zero-order chi connectivity index (χ0) is 12.3. The zero-order valence-electron chi connectivity index (χ0n) is 10.1. The first-order chi connectivity index (χ1) is 7.49. The number of nitrogens with zero attached hydrogens (tertiary/aromatic N) is 3. The van der Waals surface area contributed by atoms with Crippen molar-refractivity contribution in [3.8, 4) is 0 Å². The van der Waals surface area contributed by atoms with Crippen molar-refractivity contribution in [2.24, 2.45) is 7.05 Å². The largest absolute Gasteiger partial charge is 0.396 e. The van der Waals surface area contributed by atoms with Gasteiger partial charge in [0.2, 0.25) is 0 Å². The lowest BCUT2D eigenvalue weighted by Crippen LogP contribution is -2.37. The zero-order valence-corrected chi connectivity index (χ0v) is 10.9. The van der Waals surface area contributed by atoms with Crippen LogP contribution in [0.25, 0.3) is 0 Å². The summed E-state index contributed by atoms with van der Waals surface area (Å²) < 4.78 is 1.51. The highest BCUT2D eigenvalue weighted by Gasteiger charge is 2.22. The van der Waals surface area contributed by atoms with Crippen LogP contribution in [0.5, 0.6) is 0 Å². The Morgan fingerprint density at radius 1 is 1.75 bits per heavy atom. The van der Waals surface area contributed by atoms with E-state index in [1.165, 1.54) is 10.9 Å². The summed E-state index contributed by atoms with van der Waals surface area (Å²) in [4.78, 5) is 13.8. The van der Waals surface area contributed by atoms with Gasteiger partial charge in [-0.3, -0.25) is 9.48 Å². The topological polar surface area (TPSA) is 64.2 Å². The number of nitrogens with two attached hydrogens (primary N) is 1. The van der Waals surface area contributed by atoms with Gasteiger partial charge >= 0.3 is 0 Å². The van der Waals surface area contributed by atoms with Gasteiger partial charge in [-0.15, -0.1) is 0 Å². The van der Waals surface area contributed by atoms with Crippen molar-refractivity contribution in [2.75, 3.05) is 24.8 Å². The van der Waals surface area contributed by atoms with Crippen LogP contribution < -0.4 is 5.73 Å². The van der Waals surface area contributed by atoms with Gasteiger partial charge in [0, 0.05) is 25.9 Å². The van der Waals surface area contributed by atoms with Crippen LogP contribution in [0.1, 0.15) is 17.4 Å². The molecule has 16 heavy (non-hydrogen) atoms. The van der Waals surface area contributed by atoms with E-state index in [4.69, 9.17) is 5.73 Å². The molecule has 1 heterocycles. The lowest BCUT2D eigenvalue weighted by Gasteiger charge is -2.24. The fourth-order valence-corrected chi connectivity index (χ4v) is 2.14. The second-order valence-electron chi connectivity index (χ2n) is 3.79. The predicted octanol–water partition coefficient (Wildman–Crippen LogP) is 0.826. The molecule has 90 valence electrons. The van der Waals surface area contributed by atoms with Gasteiger partial charge in [-0.25, -0.2) is 0 Å². The Morgan fingerprint density at radius 2 is 2.38 bits per heavy atom. The van der Waals surface area contributed by atoms with E-state index in [1.807, 2.05) is 13.2 Å². The third-order valence-electron chi connectivity index (χ3n) is 2.56. The Labute approximate surface area is 100.0 Å². The number of hydrogen-bond acceptors (Lipinski definition) is 4. The summed E-state index contributed by atoms with van der Waals surface area (Å²) in [6, 6.07) is 0.178. The quantitative estimate of drug-likeness (QED) is 0.849. The molecule has 1 atom stereocenters. The highest BCUT2D eigenvalue weighted by Crippen LogP contribution is 2.14. The van der Waals surface area contributed by atoms with Crippen LogP contribution in [0.2, 0.25) is 0 Å².